The van der Waals surface area contributed by atoms with E-state index in [1.54, 1.807) is 12.3 Å². The molecule has 7 nitrogen and oxygen atoms in total. The van der Waals surface area contributed by atoms with E-state index in [4.69, 9.17) is 0 Å². The van der Waals surface area contributed by atoms with E-state index in [0.717, 1.165) is 35.1 Å². The van der Waals surface area contributed by atoms with E-state index in [-0.39, 0.29) is 11.5 Å². The van der Waals surface area contributed by atoms with Gasteiger partial charge < -0.3 is 10.2 Å². The summed E-state index contributed by atoms with van der Waals surface area (Å²) in [6.07, 6.45) is 3.26. The second kappa shape index (κ2) is 13.2. The molecule has 1 N–H and O–H groups in total. The van der Waals surface area contributed by atoms with Gasteiger partial charge in [0, 0.05) is 54.3 Å². The van der Waals surface area contributed by atoms with Gasteiger partial charge in [0.1, 0.15) is 6.54 Å². The Bertz CT molecular complexity index is 1510. The molecule has 0 bridgehead atoms. The summed E-state index contributed by atoms with van der Waals surface area (Å²) in [4.78, 5) is 31.8. The molecule has 1 saturated heterocycles. The number of likely N-dealkylation sites (tertiary alicyclic amines) is 1. The summed E-state index contributed by atoms with van der Waals surface area (Å²) >= 11 is 0. The molecule has 0 unspecified atom stereocenters. The zero-order chi connectivity index (χ0) is 30.4. The van der Waals surface area contributed by atoms with Crippen molar-refractivity contribution in [2.24, 2.45) is 10.9 Å². The number of carbonyl (C=O) groups excluding carboxylic acids is 2. The van der Waals surface area contributed by atoms with Gasteiger partial charge in [0.15, 0.2) is 0 Å². The van der Waals surface area contributed by atoms with Crippen LogP contribution in [0.1, 0.15) is 65.5 Å². The number of hydrogen-bond acceptors (Lipinski definition) is 4. The largest absolute Gasteiger partial charge is 0.405 e. The molecule has 3 aromatic rings. The minimum absolute atomic E-state index is 0.00590. The van der Waals surface area contributed by atoms with Crippen molar-refractivity contribution in [3.05, 3.63) is 83.2 Å². The summed E-state index contributed by atoms with van der Waals surface area (Å²) in [5.74, 6) is -0.425. The molecule has 222 valence electrons. The molecule has 42 heavy (non-hydrogen) atoms. The third-order valence-electron chi connectivity index (χ3n) is 7.44. The molecule has 2 heterocycles. The van der Waals surface area contributed by atoms with E-state index >= 15 is 0 Å². The standard InChI is InChI=1S/C32H36F3N5O2/c1-5-23(17-36-21(3)4)24-7-9-25(10-8-24)31(42)39-15-13-22(14-16-39)18-40-19-28-26(6-2)27(11-12-29(28)38-40)30(41)37-20-32(33,34)35/h5,7-12,17,19,22H,3,6,13-16,18,20H2,1-2,4H3,(H,37,41)/b23-5+,36-17?. The summed E-state index contributed by atoms with van der Waals surface area (Å²) in [5, 5.41) is 7.39. The molecule has 2 aromatic carbocycles. The Hall–Kier alpha value is -4.21. The Morgan fingerprint density at radius 2 is 1.79 bits per heavy atom. The molecular formula is C32H36F3N5O2. The maximum absolute atomic E-state index is 13.2. The van der Waals surface area contributed by atoms with Crippen molar-refractivity contribution in [3.63, 3.8) is 0 Å². The Balaban J connectivity index is 1.37. The highest BCUT2D eigenvalue weighted by Crippen LogP contribution is 2.26. The number of carbonyl (C=O) groups is 2. The quantitative estimate of drug-likeness (QED) is 0.296. The number of aromatic nitrogens is 2. The van der Waals surface area contributed by atoms with Gasteiger partial charge in [-0.05, 0) is 80.0 Å². The van der Waals surface area contributed by atoms with Crippen molar-refractivity contribution in [3.8, 4) is 0 Å². The smallest absolute Gasteiger partial charge is 0.343 e. The summed E-state index contributed by atoms with van der Waals surface area (Å²) < 4.78 is 39.6. The number of hydrogen-bond donors (Lipinski definition) is 1. The lowest BCUT2D eigenvalue weighted by molar-refractivity contribution is -0.123. The summed E-state index contributed by atoms with van der Waals surface area (Å²) in [7, 11) is 0. The first-order valence-electron chi connectivity index (χ1n) is 14.1. The average Bonchev–Trinajstić information content (AvgIpc) is 3.38. The number of nitrogens with one attached hydrogen (secondary N) is 1. The Labute approximate surface area is 243 Å². The summed E-state index contributed by atoms with van der Waals surface area (Å²) in [6, 6.07) is 10.8. The number of rotatable bonds is 9. The monoisotopic (exact) mass is 579 g/mol. The number of benzene rings is 2. The lowest BCUT2D eigenvalue weighted by Gasteiger charge is -2.32. The molecule has 4 rings (SSSR count). The zero-order valence-corrected chi connectivity index (χ0v) is 24.2. The molecule has 2 amide bonds. The highest BCUT2D eigenvalue weighted by atomic mass is 19.4. The van der Waals surface area contributed by atoms with Crippen molar-refractivity contribution in [2.45, 2.75) is 52.8 Å². The maximum atomic E-state index is 13.2. The molecular weight excluding hydrogens is 543 g/mol. The van der Waals surface area contributed by atoms with Crippen LogP contribution in [0.25, 0.3) is 16.5 Å². The second-order valence-corrected chi connectivity index (χ2v) is 10.6. The third kappa shape index (κ3) is 7.54. The predicted octanol–water partition coefficient (Wildman–Crippen LogP) is 6.45. The van der Waals surface area contributed by atoms with Gasteiger partial charge in [0.05, 0.1) is 5.52 Å². The molecule has 1 fully saturated rings. The number of fused-ring (bicyclic) bond motifs is 1. The number of halogens is 3. The molecule has 1 aromatic heterocycles. The molecule has 1 aliphatic heterocycles. The van der Waals surface area contributed by atoms with Crippen LogP contribution in [0.5, 0.6) is 0 Å². The van der Waals surface area contributed by atoms with Crippen LogP contribution >= 0.6 is 0 Å². The fraction of sp³-hybridized carbons (Fsp3) is 0.375. The molecule has 1 aliphatic rings. The summed E-state index contributed by atoms with van der Waals surface area (Å²) in [5.41, 5.74) is 4.90. The van der Waals surface area contributed by atoms with Gasteiger partial charge in [-0.15, -0.1) is 0 Å². The lowest BCUT2D eigenvalue weighted by atomic mass is 9.96. The molecule has 10 heteroatoms. The van der Waals surface area contributed by atoms with Crippen molar-refractivity contribution in [1.82, 2.24) is 20.0 Å². The van der Waals surface area contributed by atoms with Crippen LogP contribution in [0.4, 0.5) is 13.2 Å². The van der Waals surface area contributed by atoms with Gasteiger partial charge in [-0.25, -0.2) is 0 Å². The van der Waals surface area contributed by atoms with E-state index < -0.39 is 18.6 Å². The van der Waals surface area contributed by atoms with Crippen LogP contribution in [0.15, 0.2) is 65.9 Å². The number of aliphatic imine (C=N–C) groups is 1. The van der Waals surface area contributed by atoms with Gasteiger partial charge >= 0.3 is 6.18 Å². The summed E-state index contributed by atoms with van der Waals surface area (Å²) in [6.45, 7) is 9.99. The highest BCUT2D eigenvalue weighted by Gasteiger charge is 2.29. The number of amides is 2. The molecule has 0 spiro atoms. The van der Waals surface area contributed by atoms with Gasteiger partial charge in [-0.1, -0.05) is 31.7 Å². The fourth-order valence-electron chi connectivity index (χ4n) is 5.23. The molecule has 0 aliphatic carbocycles. The number of alkyl halides is 3. The van der Waals surface area contributed by atoms with Crippen LogP contribution < -0.4 is 5.32 Å². The van der Waals surface area contributed by atoms with E-state index in [0.29, 0.717) is 48.6 Å². The van der Waals surface area contributed by atoms with E-state index in [2.05, 4.69) is 16.7 Å². The number of allylic oxidation sites excluding steroid dienone is 3. The second-order valence-electron chi connectivity index (χ2n) is 10.6. The van der Waals surface area contributed by atoms with Crippen LogP contribution in [-0.2, 0) is 13.0 Å². The highest BCUT2D eigenvalue weighted by molar-refractivity contribution is 6.10. The first-order valence-corrected chi connectivity index (χ1v) is 14.1. The van der Waals surface area contributed by atoms with E-state index in [9.17, 15) is 22.8 Å². The maximum Gasteiger partial charge on any atom is 0.405 e. The fourth-order valence-corrected chi connectivity index (χ4v) is 5.23. The number of aryl methyl sites for hydroxylation is 1. The first-order chi connectivity index (χ1) is 20.0. The van der Waals surface area contributed by atoms with Crippen molar-refractivity contribution in [1.29, 1.82) is 0 Å². The van der Waals surface area contributed by atoms with Crippen molar-refractivity contribution < 1.29 is 22.8 Å². The van der Waals surface area contributed by atoms with Crippen LogP contribution in [0.2, 0.25) is 0 Å². The molecule has 0 saturated carbocycles. The topological polar surface area (TPSA) is 79.6 Å². The zero-order valence-electron chi connectivity index (χ0n) is 24.2. The van der Waals surface area contributed by atoms with Gasteiger partial charge in [-0.2, -0.15) is 18.3 Å². The SMILES string of the molecule is C=C(C)N=C/C(=C\C)c1ccc(C(=O)N2CCC(Cn3cc4c(CC)c(C(=O)NCC(F)(F)F)ccc4n3)CC2)cc1. The van der Waals surface area contributed by atoms with E-state index in [1.165, 1.54) is 6.07 Å². The van der Waals surface area contributed by atoms with Crippen LogP contribution in [0, 0.1) is 5.92 Å². The van der Waals surface area contributed by atoms with Crippen LogP contribution in [0.3, 0.4) is 0 Å². The Morgan fingerprint density at radius 1 is 1.12 bits per heavy atom. The van der Waals surface area contributed by atoms with Gasteiger partial charge in [0.25, 0.3) is 11.8 Å². The van der Waals surface area contributed by atoms with Crippen molar-refractivity contribution in [2.75, 3.05) is 19.6 Å². The average molecular weight is 580 g/mol. The van der Waals surface area contributed by atoms with E-state index in [1.807, 2.05) is 72.2 Å². The van der Waals surface area contributed by atoms with Crippen molar-refractivity contribution >= 4 is 34.5 Å². The van der Waals surface area contributed by atoms with Crippen LogP contribution in [-0.4, -0.2) is 58.5 Å². The third-order valence-corrected chi connectivity index (χ3v) is 7.44. The molecule has 0 atom stereocenters. The Kier molecular flexibility index (Phi) is 9.65. The van der Waals surface area contributed by atoms with Gasteiger partial charge in [-0.3, -0.25) is 19.3 Å². The number of nitrogens with zero attached hydrogens (tertiary/aromatic N) is 4. The van der Waals surface area contributed by atoms with Gasteiger partial charge in [0.2, 0.25) is 0 Å². The minimum Gasteiger partial charge on any atom is -0.343 e. The normalized spacial score (nSPS) is 15.0. The Morgan fingerprint density at radius 3 is 2.38 bits per heavy atom. The molecule has 0 radical (unpaired) electrons. The predicted molar refractivity (Wildman–Crippen MR) is 160 cm³/mol. The number of piperidine rings is 1. The minimum atomic E-state index is -4.47. The first kappa shape index (κ1) is 30.7. The lowest BCUT2D eigenvalue weighted by Crippen LogP contribution is -2.39.